The van der Waals surface area contributed by atoms with Crippen molar-refractivity contribution in [3.8, 4) is 0 Å². The van der Waals surface area contributed by atoms with Gasteiger partial charge in [0.15, 0.2) is 0 Å². The monoisotopic (exact) mass is 307 g/mol. The Morgan fingerprint density at radius 3 is 2.77 bits per heavy atom. The fraction of sp³-hybridized carbons (Fsp3) is 0.357. The van der Waals surface area contributed by atoms with E-state index in [2.05, 4.69) is 15.5 Å². The van der Waals surface area contributed by atoms with Gasteiger partial charge in [-0.05, 0) is 17.7 Å². The van der Waals surface area contributed by atoms with E-state index in [1.54, 1.807) is 6.07 Å². The van der Waals surface area contributed by atoms with Crippen LogP contribution >= 0.6 is 0 Å². The summed E-state index contributed by atoms with van der Waals surface area (Å²) in [5.41, 5.74) is 1.08. The first-order chi connectivity index (χ1) is 10.4. The summed E-state index contributed by atoms with van der Waals surface area (Å²) in [6.07, 6.45) is -1.01. The highest BCUT2D eigenvalue weighted by Crippen LogP contribution is 2.25. The van der Waals surface area contributed by atoms with E-state index < -0.39 is 18.2 Å². The molecular formula is C14H17N3O5. The van der Waals surface area contributed by atoms with Crippen LogP contribution in [0.25, 0.3) is 10.9 Å². The van der Waals surface area contributed by atoms with E-state index in [0.717, 1.165) is 0 Å². The third-order valence-corrected chi connectivity index (χ3v) is 3.25. The molecule has 0 saturated carbocycles. The Kier molecular flexibility index (Phi) is 4.74. The Balaban J connectivity index is 2.34. The molecule has 4 N–H and O–H groups in total. The van der Waals surface area contributed by atoms with Crippen LogP contribution in [0.4, 0.5) is 0 Å². The molecule has 2 atom stereocenters. The van der Waals surface area contributed by atoms with E-state index in [1.165, 1.54) is 26.3 Å². The molecular weight excluding hydrogens is 290 g/mol. The Morgan fingerprint density at radius 2 is 2.14 bits per heavy atom. The smallest absolute Gasteiger partial charge is 0.338 e. The van der Waals surface area contributed by atoms with Crippen LogP contribution in [0, 0.1) is 0 Å². The Bertz CT molecular complexity index is 697. The third-order valence-electron chi connectivity index (χ3n) is 3.25. The largest absolute Gasteiger partial charge is 0.465 e. The first-order valence-electron chi connectivity index (χ1n) is 6.60. The second-order valence-corrected chi connectivity index (χ2v) is 4.84. The van der Waals surface area contributed by atoms with Gasteiger partial charge in [0.2, 0.25) is 5.91 Å². The van der Waals surface area contributed by atoms with Gasteiger partial charge in [-0.1, -0.05) is 0 Å². The molecule has 1 amide bonds. The molecule has 2 rings (SSSR count). The number of benzene rings is 1. The minimum atomic E-state index is -1.28. The first kappa shape index (κ1) is 15.9. The molecule has 8 heteroatoms. The minimum Gasteiger partial charge on any atom is -0.465 e. The Labute approximate surface area is 126 Å². The number of rotatable bonds is 5. The predicted molar refractivity (Wildman–Crippen MR) is 77.1 cm³/mol. The van der Waals surface area contributed by atoms with Gasteiger partial charge in [0.25, 0.3) is 0 Å². The second-order valence-electron chi connectivity index (χ2n) is 4.84. The molecule has 0 saturated heterocycles. The molecule has 1 heterocycles. The number of esters is 1. The van der Waals surface area contributed by atoms with Gasteiger partial charge in [-0.15, -0.1) is 0 Å². The Hall–Kier alpha value is -2.45. The molecule has 8 nitrogen and oxygen atoms in total. The zero-order chi connectivity index (χ0) is 16.3. The maximum Gasteiger partial charge on any atom is 0.338 e. The molecule has 0 fully saturated rings. The number of fused-ring (bicyclic) bond motifs is 1. The highest BCUT2D eigenvalue weighted by molar-refractivity contribution is 6.03. The average Bonchev–Trinajstić information content (AvgIpc) is 2.98. The first-order valence-corrected chi connectivity index (χ1v) is 6.60. The van der Waals surface area contributed by atoms with E-state index >= 15 is 0 Å². The molecule has 1 aromatic heterocycles. The van der Waals surface area contributed by atoms with Gasteiger partial charge in [0, 0.05) is 18.9 Å². The quantitative estimate of drug-likeness (QED) is 0.571. The molecule has 0 spiro atoms. The maximum absolute atomic E-state index is 11.8. The molecule has 0 aliphatic heterocycles. The van der Waals surface area contributed by atoms with E-state index in [9.17, 15) is 19.8 Å². The SMILES string of the molecule is COC(=O)c1cc(C(O)C(O)CNC(C)=O)cc2[nH]ncc12. The summed E-state index contributed by atoms with van der Waals surface area (Å²) in [7, 11) is 1.25. The zero-order valence-corrected chi connectivity index (χ0v) is 12.2. The van der Waals surface area contributed by atoms with Crippen molar-refractivity contribution in [1.82, 2.24) is 15.5 Å². The summed E-state index contributed by atoms with van der Waals surface area (Å²) < 4.78 is 4.71. The number of carbonyl (C=O) groups excluding carboxylic acids is 2. The van der Waals surface area contributed by atoms with E-state index in [0.29, 0.717) is 16.5 Å². The number of aliphatic hydroxyl groups is 2. The van der Waals surface area contributed by atoms with Gasteiger partial charge in [-0.2, -0.15) is 5.10 Å². The van der Waals surface area contributed by atoms with E-state index in [1.807, 2.05) is 0 Å². The van der Waals surface area contributed by atoms with Gasteiger partial charge in [0.05, 0.1) is 24.4 Å². The van der Waals surface area contributed by atoms with Crippen molar-refractivity contribution in [2.45, 2.75) is 19.1 Å². The van der Waals surface area contributed by atoms with Crippen molar-refractivity contribution in [3.05, 3.63) is 29.5 Å². The molecule has 118 valence electrons. The number of methoxy groups -OCH3 is 1. The standard InChI is InChI=1S/C14H17N3O5/c1-7(18)15-6-12(19)13(20)8-3-9(14(21)22-2)10-5-16-17-11(10)4-8/h3-5,12-13,19-20H,6H2,1-2H3,(H,15,18)(H,16,17). The van der Waals surface area contributed by atoms with Gasteiger partial charge < -0.3 is 20.3 Å². The maximum atomic E-state index is 11.8. The van der Waals surface area contributed by atoms with Crippen LogP contribution in [0.1, 0.15) is 28.9 Å². The van der Waals surface area contributed by atoms with Crippen molar-refractivity contribution in [2.24, 2.45) is 0 Å². The molecule has 22 heavy (non-hydrogen) atoms. The fourth-order valence-electron chi connectivity index (χ4n) is 2.11. The highest BCUT2D eigenvalue weighted by Gasteiger charge is 2.22. The number of aromatic amines is 1. The number of H-pyrrole nitrogens is 1. The van der Waals surface area contributed by atoms with Crippen molar-refractivity contribution < 1.29 is 24.5 Å². The number of aliphatic hydroxyl groups excluding tert-OH is 2. The summed E-state index contributed by atoms with van der Waals surface area (Å²) in [5.74, 6) is -0.887. The van der Waals surface area contributed by atoms with Crippen LogP contribution in [0.15, 0.2) is 18.3 Å². The van der Waals surface area contributed by atoms with Crippen molar-refractivity contribution in [2.75, 3.05) is 13.7 Å². The number of nitrogens with one attached hydrogen (secondary N) is 2. The molecule has 1 aromatic carbocycles. The molecule has 2 unspecified atom stereocenters. The topological polar surface area (TPSA) is 125 Å². The van der Waals surface area contributed by atoms with Gasteiger partial charge >= 0.3 is 5.97 Å². The van der Waals surface area contributed by atoms with Crippen molar-refractivity contribution in [3.63, 3.8) is 0 Å². The zero-order valence-electron chi connectivity index (χ0n) is 12.2. The average molecular weight is 307 g/mol. The van der Waals surface area contributed by atoms with Crippen LogP contribution in [0.5, 0.6) is 0 Å². The predicted octanol–water partition coefficient (Wildman–Crippen LogP) is -0.120. The number of aromatic nitrogens is 2. The van der Waals surface area contributed by atoms with Gasteiger partial charge in [0.1, 0.15) is 12.2 Å². The molecule has 0 aliphatic rings. The van der Waals surface area contributed by atoms with Crippen LogP contribution in [-0.4, -0.2) is 52.0 Å². The summed E-state index contributed by atoms with van der Waals surface area (Å²) in [5, 5.41) is 29.6. The second kappa shape index (κ2) is 6.54. The van der Waals surface area contributed by atoms with Crippen LogP contribution in [0.3, 0.4) is 0 Å². The highest BCUT2D eigenvalue weighted by atomic mass is 16.5. The lowest BCUT2D eigenvalue weighted by Crippen LogP contribution is -2.34. The number of hydrogen-bond donors (Lipinski definition) is 4. The lowest BCUT2D eigenvalue weighted by Gasteiger charge is -2.19. The number of nitrogens with zero attached hydrogens (tertiary/aromatic N) is 1. The summed E-state index contributed by atoms with van der Waals surface area (Å²) in [6, 6.07) is 3.02. The normalized spacial score (nSPS) is 13.6. The Morgan fingerprint density at radius 1 is 1.41 bits per heavy atom. The van der Waals surface area contributed by atoms with Crippen LogP contribution in [0.2, 0.25) is 0 Å². The van der Waals surface area contributed by atoms with Crippen LogP contribution in [-0.2, 0) is 9.53 Å². The minimum absolute atomic E-state index is 0.106. The lowest BCUT2D eigenvalue weighted by atomic mass is 9.99. The fourth-order valence-corrected chi connectivity index (χ4v) is 2.11. The van der Waals surface area contributed by atoms with Crippen LogP contribution < -0.4 is 5.32 Å². The van der Waals surface area contributed by atoms with E-state index in [-0.39, 0.29) is 18.0 Å². The molecule has 0 radical (unpaired) electrons. The summed E-state index contributed by atoms with van der Waals surface area (Å²) in [4.78, 5) is 22.7. The molecule has 0 bridgehead atoms. The molecule has 0 aliphatic carbocycles. The summed E-state index contributed by atoms with van der Waals surface area (Å²) >= 11 is 0. The number of amides is 1. The van der Waals surface area contributed by atoms with Crippen molar-refractivity contribution >= 4 is 22.8 Å². The third kappa shape index (κ3) is 3.23. The lowest BCUT2D eigenvalue weighted by molar-refractivity contribution is -0.119. The number of ether oxygens (including phenoxy) is 1. The summed E-state index contributed by atoms with van der Waals surface area (Å²) in [6.45, 7) is 1.20. The van der Waals surface area contributed by atoms with Gasteiger partial charge in [-0.25, -0.2) is 4.79 Å². The number of carbonyl (C=O) groups is 2. The van der Waals surface area contributed by atoms with Gasteiger partial charge in [-0.3, -0.25) is 9.89 Å². The van der Waals surface area contributed by atoms with Crippen molar-refractivity contribution in [1.29, 1.82) is 0 Å². The number of hydrogen-bond acceptors (Lipinski definition) is 6. The van der Waals surface area contributed by atoms with E-state index in [4.69, 9.17) is 4.74 Å². The molecule has 2 aromatic rings.